The number of hydrogen-bond acceptors (Lipinski definition) is 5. The van der Waals surface area contributed by atoms with Gasteiger partial charge >= 0.3 is 6.18 Å². The third-order valence-corrected chi connectivity index (χ3v) is 4.92. The van der Waals surface area contributed by atoms with Gasteiger partial charge in [-0.15, -0.1) is 0 Å². The zero-order valence-corrected chi connectivity index (χ0v) is 17.0. The number of nitrogens with one attached hydrogen (secondary N) is 1. The van der Waals surface area contributed by atoms with Crippen LogP contribution >= 0.6 is 0 Å². The van der Waals surface area contributed by atoms with E-state index in [-0.39, 0.29) is 11.1 Å². The summed E-state index contributed by atoms with van der Waals surface area (Å²) in [5.41, 5.74) is 6.45. The maximum Gasteiger partial charge on any atom is 0.416 e. The van der Waals surface area contributed by atoms with Gasteiger partial charge in [-0.3, -0.25) is 0 Å². The van der Waals surface area contributed by atoms with Crippen molar-refractivity contribution in [3.05, 3.63) is 60.0 Å². The Balaban J connectivity index is 1.66. The molecule has 0 atom stereocenters. The lowest BCUT2D eigenvalue weighted by atomic mass is 10.00. The lowest BCUT2D eigenvalue weighted by molar-refractivity contribution is -0.137. The predicted octanol–water partition coefficient (Wildman–Crippen LogP) is 4.42. The average Bonchev–Trinajstić information content (AvgIpc) is 3.10. The molecule has 0 aliphatic heterocycles. The Morgan fingerprint density at radius 3 is 2.69 bits per heavy atom. The summed E-state index contributed by atoms with van der Waals surface area (Å²) < 4.78 is 54.8. The van der Waals surface area contributed by atoms with Crippen LogP contribution in [0.15, 0.2) is 42.6 Å². The van der Waals surface area contributed by atoms with Gasteiger partial charge < -0.3 is 11.1 Å². The summed E-state index contributed by atoms with van der Waals surface area (Å²) in [5.74, 6) is -0.287. The summed E-state index contributed by atoms with van der Waals surface area (Å²) in [4.78, 5) is 8.77. The van der Waals surface area contributed by atoms with Crippen molar-refractivity contribution in [3.63, 3.8) is 0 Å². The van der Waals surface area contributed by atoms with Gasteiger partial charge in [-0.1, -0.05) is 12.1 Å². The highest BCUT2D eigenvalue weighted by Gasteiger charge is 2.31. The number of aromatic nitrogens is 4. The molecule has 6 nitrogen and oxygen atoms in total. The van der Waals surface area contributed by atoms with E-state index in [1.165, 1.54) is 12.1 Å². The van der Waals surface area contributed by atoms with Gasteiger partial charge in [-0.2, -0.15) is 23.3 Å². The Labute approximate surface area is 181 Å². The zero-order chi connectivity index (χ0) is 22.9. The number of aryl methyl sites for hydroxylation is 1. The van der Waals surface area contributed by atoms with Gasteiger partial charge in [0.05, 0.1) is 10.9 Å². The first-order valence-electron chi connectivity index (χ1n) is 9.81. The van der Waals surface area contributed by atoms with Crippen molar-refractivity contribution in [3.8, 4) is 22.4 Å². The highest BCUT2D eigenvalue weighted by atomic mass is 19.4. The molecule has 32 heavy (non-hydrogen) atoms. The molecule has 10 heteroatoms. The van der Waals surface area contributed by atoms with Gasteiger partial charge in [0.1, 0.15) is 11.5 Å². The topological polar surface area (TPSA) is 81.7 Å². The standard InChI is InChI=1S/C22H19F4N6/c1-32-20-17(12-29-21(30-20)28-10-2-9-27)19(31-32)14-5-3-13(4-6-14)16-11-15(22(24,25)26)7-8-18(16)23/h3-5,7-8,11-12H,2,9-10,27H2,1H3,(H,28,29,30). The maximum atomic E-state index is 14.2. The summed E-state index contributed by atoms with van der Waals surface area (Å²) >= 11 is 0. The molecule has 4 rings (SSSR count). The summed E-state index contributed by atoms with van der Waals surface area (Å²) in [5, 5.41) is 8.26. The molecule has 0 saturated heterocycles. The van der Waals surface area contributed by atoms with E-state index in [9.17, 15) is 17.6 Å². The van der Waals surface area contributed by atoms with Crippen LogP contribution in [-0.4, -0.2) is 32.8 Å². The van der Waals surface area contributed by atoms with Crippen molar-refractivity contribution in [2.45, 2.75) is 12.6 Å². The number of alkyl halides is 3. The van der Waals surface area contributed by atoms with Crippen LogP contribution in [-0.2, 0) is 13.2 Å². The highest BCUT2D eigenvalue weighted by molar-refractivity contribution is 5.91. The third kappa shape index (κ3) is 4.26. The molecule has 0 fully saturated rings. The fraction of sp³-hybridized carbons (Fsp3) is 0.227. The monoisotopic (exact) mass is 443 g/mol. The van der Waals surface area contributed by atoms with Gasteiger partial charge in [0.25, 0.3) is 0 Å². The van der Waals surface area contributed by atoms with Gasteiger partial charge in [-0.25, -0.2) is 14.1 Å². The van der Waals surface area contributed by atoms with Crippen LogP contribution in [0.25, 0.3) is 33.4 Å². The molecule has 0 amide bonds. The molecular formula is C22H19F4N6. The van der Waals surface area contributed by atoms with Crippen molar-refractivity contribution in [1.82, 2.24) is 19.7 Å². The van der Waals surface area contributed by atoms with Crippen LogP contribution in [0, 0.1) is 11.9 Å². The number of fused-ring (bicyclic) bond motifs is 1. The van der Waals surface area contributed by atoms with E-state index in [1.54, 1.807) is 24.0 Å². The third-order valence-electron chi connectivity index (χ3n) is 4.92. The lowest BCUT2D eigenvalue weighted by Crippen LogP contribution is -2.10. The van der Waals surface area contributed by atoms with Gasteiger partial charge in [0, 0.05) is 30.9 Å². The number of nitrogens with zero attached hydrogens (tertiary/aromatic N) is 4. The van der Waals surface area contributed by atoms with Crippen molar-refractivity contribution in [2.75, 3.05) is 18.4 Å². The van der Waals surface area contributed by atoms with E-state index in [4.69, 9.17) is 5.73 Å². The molecule has 0 unspecified atom stereocenters. The van der Waals surface area contributed by atoms with Crippen molar-refractivity contribution in [1.29, 1.82) is 0 Å². The Morgan fingerprint density at radius 1 is 1.19 bits per heavy atom. The van der Waals surface area contributed by atoms with Gasteiger partial charge in [0.15, 0.2) is 5.65 Å². The second kappa shape index (κ2) is 8.54. The van der Waals surface area contributed by atoms with Crippen LogP contribution in [0.2, 0.25) is 0 Å². The smallest absolute Gasteiger partial charge is 0.354 e. The first-order valence-corrected chi connectivity index (χ1v) is 9.81. The quantitative estimate of drug-likeness (QED) is 0.341. The molecule has 2 heterocycles. The number of rotatable bonds is 6. The normalized spacial score (nSPS) is 11.8. The fourth-order valence-corrected chi connectivity index (χ4v) is 3.29. The largest absolute Gasteiger partial charge is 0.416 e. The van der Waals surface area contributed by atoms with Crippen LogP contribution in [0.3, 0.4) is 0 Å². The minimum absolute atomic E-state index is 0.148. The molecule has 3 N–H and O–H groups in total. The van der Waals surface area contributed by atoms with E-state index in [2.05, 4.69) is 26.4 Å². The first-order chi connectivity index (χ1) is 15.3. The Kier molecular flexibility index (Phi) is 5.79. The Bertz CT molecular complexity index is 1250. The molecule has 0 bridgehead atoms. The van der Waals surface area contributed by atoms with Crippen molar-refractivity contribution >= 4 is 17.0 Å². The molecule has 2 aromatic carbocycles. The van der Waals surface area contributed by atoms with Crippen molar-refractivity contribution < 1.29 is 17.6 Å². The number of anilines is 1. The minimum atomic E-state index is -4.56. The lowest BCUT2D eigenvalue weighted by Gasteiger charge is -2.10. The summed E-state index contributed by atoms with van der Waals surface area (Å²) in [6, 6.07) is 9.92. The predicted molar refractivity (Wildman–Crippen MR) is 113 cm³/mol. The second-order valence-corrected chi connectivity index (χ2v) is 7.16. The summed E-state index contributed by atoms with van der Waals surface area (Å²) in [6.07, 6.45) is -2.13. The number of hydrogen-bond donors (Lipinski definition) is 2. The molecule has 0 saturated carbocycles. The molecule has 4 aromatic rings. The van der Waals surface area contributed by atoms with Gasteiger partial charge in [-0.05, 0) is 48.9 Å². The maximum absolute atomic E-state index is 14.2. The van der Waals surface area contributed by atoms with Crippen LogP contribution in [0.5, 0.6) is 0 Å². The van der Waals surface area contributed by atoms with Crippen LogP contribution in [0.1, 0.15) is 12.0 Å². The van der Waals surface area contributed by atoms with Gasteiger partial charge in [0.2, 0.25) is 5.95 Å². The fourth-order valence-electron chi connectivity index (χ4n) is 3.29. The molecule has 2 aromatic heterocycles. The molecular weight excluding hydrogens is 424 g/mol. The van der Waals surface area contributed by atoms with E-state index in [0.29, 0.717) is 41.3 Å². The van der Waals surface area contributed by atoms with Crippen LogP contribution in [0.4, 0.5) is 23.5 Å². The highest BCUT2D eigenvalue weighted by Crippen LogP contribution is 2.34. The molecule has 0 aliphatic rings. The van der Waals surface area contributed by atoms with E-state index >= 15 is 0 Å². The van der Waals surface area contributed by atoms with E-state index < -0.39 is 17.6 Å². The molecule has 1 radical (unpaired) electrons. The number of halogens is 4. The van der Waals surface area contributed by atoms with E-state index in [0.717, 1.165) is 24.6 Å². The number of benzene rings is 2. The van der Waals surface area contributed by atoms with E-state index in [1.807, 2.05) is 0 Å². The average molecular weight is 443 g/mol. The zero-order valence-electron chi connectivity index (χ0n) is 17.0. The second-order valence-electron chi connectivity index (χ2n) is 7.16. The number of nitrogens with two attached hydrogens (primary N) is 1. The Morgan fingerprint density at radius 2 is 2.00 bits per heavy atom. The molecule has 0 aliphatic carbocycles. The van der Waals surface area contributed by atoms with Crippen LogP contribution < -0.4 is 11.1 Å². The van der Waals surface area contributed by atoms with Crippen molar-refractivity contribution in [2.24, 2.45) is 12.8 Å². The Hall–Kier alpha value is -3.53. The summed E-state index contributed by atoms with van der Waals surface area (Å²) in [6.45, 7) is 1.20. The molecule has 165 valence electrons. The minimum Gasteiger partial charge on any atom is -0.354 e. The molecule has 0 spiro atoms. The summed E-state index contributed by atoms with van der Waals surface area (Å²) in [7, 11) is 1.74. The first kappa shape index (κ1) is 21.7. The SMILES string of the molecule is Cn1nc(-c2[c]cc(-c3cc(C(F)(F)F)ccc3F)cc2)c2cnc(NCCCN)nc21.